The Bertz CT molecular complexity index is 972. The lowest BCUT2D eigenvalue weighted by Gasteiger charge is -2.25. The van der Waals surface area contributed by atoms with Crippen molar-refractivity contribution < 1.29 is 28.9 Å². The highest BCUT2D eigenvalue weighted by Gasteiger charge is 2.45. The summed E-state index contributed by atoms with van der Waals surface area (Å²) >= 11 is 0. The summed E-state index contributed by atoms with van der Waals surface area (Å²) in [4.78, 5) is 30.9. The molecule has 1 aromatic heterocycles. The largest absolute Gasteiger partial charge is 0.507 e. The minimum Gasteiger partial charge on any atom is -0.507 e. The van der Waals surface area contributed by atoms with Crippen molar-refractivity contribution in [3.8, 4) is 11.5 Å². The molecule has 2 aliphatic heterocycles. The maximum absolute atomic E-state index is 12.8. The van der Waals surface area contributed by atoms with Crippen LogP contribution in [0, 0.1) is 0 Å². The second kappa shape index (κ2) is 7.92. The number of ether oxygens (including phenoxy) is 3. The summed E-state index contributed by atoms with van der Waals surface area (Å²) in [5.41, 5.74) is 1.07. The molecule has 1 fully saturated rings. The van der Waals surface area contributed by atoms with Crippen molar-refractivity contribution in [1.29, 1.82) is 0 Å². The van der Waals surface area contributed by atoms with Gasteiger partial charge in [0.25, 0.3) is 11.7 Å². The van der Waals surface area contributed by atoms with E-state index in [9.17, 15) is 14.7 Å². The number of rotatable bonds is 5. The van der Waals surface area contributed by atoms with Crippen LogP contribution in [-0.2, 0) is 14.3 Å². The Kier molecular flexibility index (Phi) is 5.18. The first kappa shape index (κ1) is 18.9. The van der Waals surface area contributed by atoms with Crippen molar-refractivity contribution in [2.45, 2.75) is 6.04 Å². The molecule has 0 bridgehead atoms. The Hall–Kier alpha value is -3.39. The molecule has 1 amide bonds. The first-order valence-electron chi connectivity index (χ1n) is 9.19. The number of amides is 1. The number of methoxy groups -OCH3 is 1. The molecule has 8 nitrogen and oxygen atoms in total. The molecule has 3 heterocycles. The van der Waals surface area contributed by atoms with E-state index in [1.807, 2.05) is 0 Å². The van der Waals surface area contributed by atoms with Gasteiger partial charge in [-0.3, -0.25) is 14.6 Å². The zero-order valence-electron chi connectivity index (χ0n) is 15.8. The molecular weight excluding hydrogens is 376 g/mol. The van der Waals surface area contributed by atoms with Crippen LogP contribution in [0.3, 0.4) is 0 Å². The first-order valence-corrected chi connectivity index (χ1v) is 9.19. The van der Waals surface area contributed by atoms with Crippen LogP contribution in [0.4, 0.5) is 0 Å². The lowest BCUT2D eigenvalue weighted by Crippen LogP contribution is -2.32. The van der Waals surface area contributed by atoms with E-state index in [0.717, 1.165) is 0 Å². The fourth-order valence-corrected chi connectivity index (χ4v) is 3.54. The number of aromatic nitrogens is 1. The number of hydrogen-bond acceptors (Lipinski definition) is 7. The molecular formula is C21H20N2O6. The number of likely N-dealkylation sites (tertiary alicyclic amines) is 1. The van der Waals surface area contributed by atoms with Crippen LogP contribution in [0.25, 0.3) is 5.76 Å². The maximum atomic E-state index is 12.8. The van der Waals surface area contributed by atoms with Crippen molar-refractivity contribution in [3.05, 3.63) is 59.4 Å². The number of fused-ring (bicyclic) bond motifs is 1. The van der Waals surface area contributed by atoms with Crippen LogP contribution < -0.4 is 9.47 Å². The summed E-state index contributed by atoms with van der Waals surface area (Å²) in [6.45, 7) is 1.32. The number of ketones is 1. The normalized spacial score (nSPS) is 20.2. The van der Waals surface area contributed by atoms with Gasteiger partial charge in [-0.2, -0.15) is 0 Å². The Morgan fingerprint density at radius 1 is 1.17 bits per heavy atom. The molecule has 1 N–H and O–H groups in total. The average molecular weight is 396 g/mol. The van der Waals surface area contributed by atoms with E-state index in [4.69, 9.17) is 14.2 Å². The molecule has 29 heavy (non-hydrogen) atoms. The van der Waals surface area contributed by atoms with Crippen molar-refractivity contribution in [3.63, 3.8) is 0 Å². The smallest absolute Gasteiger partial charge is 0.295 e. The van der Waals surface area contributed by atoms with Crippen molar-refractivity contribution >= 4 is 17.4 Å². The number of benzene rings is 1. The van der Waals surface area contributed by atoms with E-state index in [2.05, 4.69) is 4.98 Å². The summed E-state index contributed by atoms with van der Waals surface area (Å²) in [7, 11) is 1.52. The van der Waals surface area contributed by atoms with Gasteiger partial charge in [0, 0.05) is 31.6 Å². The van der Waals surface area contributed by atoms with Crippen LogP contribution in [0.2, 0.25) is 0 Å². The van der Waals surface area contributed by atoms with E-state index >= 15 is 0 Å². The predicted molar refractivity (Wildman–Crippen MR) is 103 cm³/mol. The minimum absolute atomic E-state index is 0.0222. The Balaban J connectivity index is 1.82. The number of Topliss-reactive ketones (excluding diaryl/α,β-unsaturated/α-hetero) is 1. The van der Waals surface area contributed by atoms with Crippen LogP contribution in [0.1, 0.15) is 17.2 Å². The molecule has 0 spiro atoms. The van der Waals surface area contributed by atoms with E-state index in [1.165, 1.54) is 12.0 Å². The van der Waals surface area contributed by atoms with E-state index in [0.29, 0.717) is 35.8 Å². The first-order chi connectivity index (χ1) is 14.1. The molecule has 1 unspecified atom stereocenters. The molecule has 0 radical (unpaired) electrons. The standard InChI is InChI=1S/C21H20N2O6/c1-27-9-8-23-18(13-4-6-22-7-5-13)17(20(25)21(23)26)19(24)14-2-3-15-16(12-14)29-11-10-28-15/h2-7,12,18,24H,8-11H2,1H3/b19-17-. The molecule has 1 aromatic carbocycles. The van der Waals surface area contributed by atoms with Gasteiger partial charge in [0.2, 0.25) is 0 Å². The van der Waals surface area contributed by atoms with Gasteiger partial charge in [0.1, 0.15) is 19.0 Å². The summed E-state index contributed by atoms with van der Waals surface area (Å²) < 4.78 is 16.2. The van der Waals surface area contributed by atoms with Gasteiger partial charge in [-0.1, -0.05) is 0 Å². The molecule has 4 rings (SSSR count). The third kappa shape index (κ3) is 3.42. The van der Waals surface area contributed by atoms with E-state index < -0.39 is 17.7 Å². The molecule has 2 aromatic rings. The van der Waals surface area contributed by atoms with Crippen LogP contribution in [-0.4, -0.2) is 60.2 Å². The Morgan fingerprint density at radius 3 is 2.62 bits per heavy atom. The number of aliphatic hydroxyl groups excluding tert-OH is 1. The number of carbonyl (C=O) groups is 2. The summed E-state index contributed by atoms with van der Waals surface area (Å²) in [6.07, 6.45) is 3.16. The van der Waals surface area contributed by atoms with Gasteiger partial charge >= 0.3 is 0 Å². The molecule has 1 atom stereocenters. The highest BCUT2D eigenvalue weighted by Crippen LogP contribution is 2.40. The zero-order chi connectivity index (χ0) is 20.4. The number of hydrogen-bond donors (Lipinski definition) is 1. The number of carbonyl (C=O) groups excluding carboxylic acids is 2. The summed E-state index contributed by atoms with van der Waals surface area (Å²) in [5.74, 6) is -0.631. The molecule has 2 aliphatic rings. The second-order valence-corrected chi connectivity index (χ2v) is 6.62. The molecule has 150 valence electrons. The Labute approximate surface area is 167 Å². The van der Waals surface area contributed by atoms with E-state index in [1.54, 1.807) is 42.7 Å². The molecule has 0 aliphatic carbocycles. The third-order valence-electron chi connectivity index (χ3n) is 4.91. The lowest BCUT2D eigenvalue weighted by atomic mass is 9.96. The third-order valence-corrected chi connectivity index (χ3v) is 4.91. The zero-order valence-corrected chi connectivity index (χ0v) is 15.8. The lowest BCUT2D eigenvalue weighted by molar-refractivity contribution is -0.140. The van der Waals surface area contributed by atoms with Gasteiger partial charge in [-0.15, -0.1) is 0 Å². The van der Waals surface area contributed by atoms with Crippen LogP contribution >= 0.6 is 0 Å². The molecule has 0 saturated carbocycles. The number of pyridine rings is 1. The van der Waals surface area contributed by atoms with Gasteiger partial charge in [0.05, 0.1) is 18.2 Å². The monoisotopic (exact) mass is 396 g/mol. The van der Waals surface area contributed by atoms with Gasteiger partial charge < -0.3 is 24.2 Å². The quantitative estimate of drug-likeness (QED) is 0.468. The predicted octanol–water partition coefficient (Wildman–Crippen LogP) is 1.92. The van der Waals surface area contributed by atoms with Crippen molar-refractivity contribution in [2.75, 3.05) is 33.5 Å². The summed E-state index contributed by atoms with van der Waals surface area (Å²) in [5, 5.41) is 11.0. The summed E-state index contributed by atoms with van der Waals surface area (Å²) in [6, 6.07) is 7.61. The highest BCUT2D eigenvalue weighted by molar-refractivity contribution is 6.46. The molecule has 8 heteroatoms. The van der Waals surface area contributed by atoms with Crippen LogP contribution in [0.15, 0.2) is 48.3 Å². The topological polar surface area (TPSA) is 98.2 Å². The fourth-order valence-electron chi connectivity index (χ4n) is 3.54. The maximum Gasteiger partial charge on any atom is 0.295 e. The van der Waals surface area contributed by atoms with Gasteiger partial charge in [0.15, 0.2) is 11.5 Å². The number of nitrogens with zero attached hydrogens (tertiary/aromatic N) is 2. The van der Waals surface area contributed by atoms with E-state index in [-0.39, 0.29) is 24.5 Å². The fraction of sp³-hybridized carbons (Fsp3) is 0.286. The van der Waals surface area contributed by atoms with Gasteiger partial charge in [-0.05, 0) is 35.9 Å². The Morgan fingerprint density at radius 2 is 1.90 bits per heavy atom. The average Bonchev–Trinajstić information content (AvgIpc) is 3.02. The van der Waals surface area contributed by atoms with Crippen LogP contribution in [0.5, 0.6) is 11.5 Å². The van der Waals surface area contributed by atoms with Crippen molar-refractivity contribution in [1.82, 2.24) is 9.88 Å². The minimum atomic E-state index is -0.740. The van der Waals surface area contributed by atoms with Crippen molar-refractivity contribution in [2.24, 2.45) is 0 Å². The SMILES string of the molecule is COCCN1C(=O)C(=O)/C(=C(\O)c2ccc3c(c2)OCCO3)C1c1ccncc1. The second-order valence-electron chi connectivity index (χ2n) is 6.62. The highest BCUT2D eigenvalue weighted by atomic mass is 16.6. The molecule has 1 saturated heterocycles. The number of aliphatic hydroxyl groups is 1. The van der Waals surface area contributed by atoms with Gasteiger partial charge in [-0.25, -0.2) is 0 Å².